The predicted molar refractivity (Wildman–Crippen MR) is 28.0 cm³/mol. The van der Waals surface area contributed by atoms with Gasteiger partial charge in [0.1, 0.15) is 6.61 Å². The van der Waals surface area contributed by atoms with Crippen LogP contribution in [0.5, 0.6) is 0 Å². The van der Waals surface area contributed by atoms with Gasteiger partial charge in [0.25, 0.3) is 0 Å². The van der Waals surface area contributed by atoms with Crippen LogP contribution in [0.4, 0.5) is 0 Å². The van der Waals surface area contributed by atoms with E-state index in [0.29, 0.717) is 13.1 Å². The molecule has 3 heteroatoms. The number of hydrogen-bond donors (Lipinski definition) is 1. The highest BCUT2D eigenvalue weighted by Gasteiger charge is 2.18. The van der Waals surface area contributed by atoms with Gasteiger partial charge in [0, 0.05) is 19.5 Å². The Morgan fingerprint density at radius 1 is 1.75 bits per heavy atom. The first-order chi connectivity index (χ1) is 3.84. The zero-order valence-corrected chi connectivity index (χ0v) is 4.50. The second-order valence-corrected chi connectivity index (χ2v) is 1.75. The Kier molecular flexibility index (Phi) is 1.48. The molecule has 1 N–H and O–H groups in total. The van der Waals surface area contributed by atoms with Crippen LogP contribution in [-0.2, 0) is 4.79 Å². The first kappa shape index (κ1) is 5.56. The van der Waals surface area contributed by atoms with E-state index in [9.17, 15) is 4.79 Å². The van der Waals surface area contributed by atoms with E-state index in [-0.39, 0.29) is 12.5 Å². The summed E-state index contributed by atoms with van der Waals surface area (Å²) in [5, 5.41) is 8.27. The van der Waals surface area contributed by atoms with Gasteiger partial charge in [-0.1, -0.05) is 0 Å². The average Bonchev–Trinajstić information content (AvgIpc) is 1.62. The molecule has 0 spiro atoms. The number of aliphatic hydroxyl groups excluding tert-OH is 1. The average molecular weight is 114 g/mol. The van der Waals surface area contributed by atoms with Gasteiger partial charge in [-0.15, -0.1) is 0 Å². The van der Waals surface area contributed by atoms with Crippen molar-refractivity contribution >= 4 is 5.91 Å². The maximum atomic E-state index is 10.4. The smallest absolute Gasteiger partial charge is 0.248 e. The second kappa shape index (κ2) is 2.13. The fourth-order valence-corrected chi connectivity index (χ4v) is 0.562. The van der Waals surface area contributed by atoms with E-state index < -0.39 is 0 Å². The topological polar surface area (TPSA) is 40.5 Å². The maximum Gasteiger partial charge on any atom is 0.248 e. The fourth-order valence-electron chi connectivity index (χ4n) is 0.562. The molecule has 0 saturated carbocycles. The third kappa shape index (κ3) is 0.816. The fraction of sp³-hybridized carbons (Fsp3) is 0.600. The van der Waals surface area contributed by atoms with E-state index in [1.54, 1.807) is 4.90 Å². The molecule has 45 valence electrons. The summed E-state index contributed by atoms with van der Waals surface area (Å²) < 4.78 is 0. The van der Waals surface area contributed by atoms with Gasteiger partial charge in [-0.05, 0) is 0 Å². The van der Waals surface area contributed by atoms with Crippen molar-refractivity contribution in [2.45, 2.75) is 0 Å². The van der Waals surface area contributed by atoms with Gasteiger partial charge in [-0.3, -0.25) is 4.79 Å². The number of carbonyl (C=O) groups excluding carboxylic acids is 1. The van der Waals surface area contributed by atoms with E-state index in [2.05, 4.69) is 0 Å². The Labute approximate surface area is 47.9 Å². The molecule has 0 aromatic carbocycles. The summed E-state index contributed by atoms with van der Waals surface area (Å²) in [6.07, 6.45) is 1.98. The van der Waals surface area contributed by atoms with Crippen LogP contribution in [0.2, 0.25) is 0 Å². The van der Waals surface area contributed by atoms with Gasteiger partial charge in [0.2, 0.25) is 5.91 Å². The number of likely N-dealkylation sites (tertiary alicyclic amines) is 1. The van der Waals surface area contributed by atoms with Crippen molar-refractivity contribution in [1.29, 1.82) is 0 Å². The van der Waals surface area contributed by atoms with E-state index in [1.807, 2.05) is 6.42 Å². The maximum absolute atomic E-state index is 10.4. The Bertz CT molecular complexity index is 98.6. The molecular formula is C5H8NO2. The Morgan fingerprint density at radius 2 is 2.38 bits per heavy atom. The van der Waals surface area contributed by atoms with Gasteiger partial charge in [-0.25, -0.2) is 0 Å². The van der Waals surface area contributed by atoms with Crippen LogP contribution in [0.1, 0.15) is 0 Å². The minimum Gasteiger partial charge on any atom is -0.387 e. The quantitative estimate of drug-likeness (QED) is 0.476. The van der Waals surface area contributed by atoms with E-state index in [1.165, 1.54) is 0 Å². The highest BCUT2D eigenvalue weighted by atomic mass is 16.3. The molecular weight excluding hydrogens is 106 g/mol. The molecule has 0 unspecified atom stereocenters. The molecule has 8 heavy (non-hydrogen) atoms. The Hall–Kier alpha value is -0.570. The molecule has 1 rings (SSSR count). The normalized spacial score (nSPS) is 17.9. The summed E-state index contributed by atoms with van der Waals surface area (Å²) in [5.74, 6) is -0.174. The minimum absolute atomic E-state index is 0.174. The molecule has 3 nitrogen and oxygen atoms in total. The first-order valence-electron chi connectivity index (χ1n) is 2.55. The predicted octanol–water partition coefficient (Wildman–Crippen LogP) is -0.975. The molecule has 1 saturated heterocycles. The highest BCUT2D eigenvalue weighted by Crippen LogP contribution is 2.02. The zero-order chi connectivity index (χ0) is 5.98. The summed E-state index contributed by atoms with van der Waals surface area (Å²) in [7, 11) is 0. The second-order valence-electron chi connectivity index (χ2n) is 1.75. The van der Waals surface area contributed by atoms with Crippen LogP contribution in [0.15, 0.2) is 0 Å². The van der Waals surface area contributed by atoms with Crippen LogP contribution < -0.4 is 0 Å². The van der Waals surface area contributed by atoms with Crippen LogP contribution in [0.25, 0.3) is 0 Å². The lowest BCUT2D eigenvalue weighted by molar-refractivity contribution is -0.135. The highest BCUT2D eigenvalue weighted by molar-refractivity contribution is 5.78. The summed E-state index contributed by atoms with van der Waals surface area (Å²) in [5.41, 5.74) is 0. The SMILES string of the molecule is O=C(CO)N1C[CH]C1. The minimum atomic E-state index is -0.353. The van der Waals surface area contributed by atoms with Crippen molar-refractivity contribution in [1.82, 2.24) is 4.90 Å². The monoisotopic (exact) mass is 114 g/mol. The summed E-state index contributed by atoms with van der Waals surface area (Å²) in [6.45, 7) is 1.06. The lowest BCUT2D eigenvalue weighted by Gasteiger charge is -2.29. The van der Waals surface area contributed by atoms with Crippen molar-refractivity contribution in [2.24, 2.45) is 0 Å². The van der Waals surface area contributed by atoms with Crippen LogP contribution in [-0.4, -0.2) is 35.6 Å². The van der Waals surface area contributed by atoms with Gasteiger partial charge in [0.15, 0.2) is 0 Å². The van der Waals surface area contributed by atoms with Crippen molar-refractivity contribution in [3.63, 3.8) is 0 Å². The number of rotatable bonds is 1. The number of hydrogen-bond acceptors (Lipinski definition) is 2. The van der Waals surface area contributed by atoms with Crippen molar-refractivity contribution in [2.75, 3.05) is 19.7 Å². The van der Waals surface area contributed by atoms with Gasteiger partial charge in [-0.2, -0.15) is 0 Å². The van der Waals surface area contributed by atoms with E-state index >= 15 is 0 Å². The van der Waals surface area contributed by atoms with E-state index in [0.717, 1.165) is 0 Å². The number of aliphatic hydroxyl groups is 1. The van der Waals surface area contributed by atoms with Crippen LogP contribution in [0.3, 0.4) is 0 Å². The van der Waals surface area contributed by atoms with Gasteiger partial charge in [0.05, 0.1) is 0 Å². The Balaban J connectivity index is 2.24. The number of amides is 1. The number of nitrogens with zero attached hydrogens (tertiary/aromatic N) is 1. The molecule has 1 aliphatic rings. The van der Waals surface area contributed by atoms with Gasteiger partial charge >= 0.3 is 0 Å². The lowest BCUT2D eigenvalue weighted by Crippen LogP contribution is -2.44. The van der Waals surface area contributed by atoms with Crippen molar-refractivity contribution < 1.29 is 9.90 Å². The third-order valence-electron chi connectivity index (χ3n) is 1.19. The van der Waals surface area contributed by atoms with Gasteiger partial charge < -0.3 is 10.0 Å². The largest absolute Gasteiger partial charge is 0.387 e. The molecule has 1 heterocycles. The zero-order valence-electron chi connectivity index (χ0n) is 4.50. The number of carbonyl (C=O) groups is 1. The molecule has 0 aliphatic carbocycles. The van der Waals surface area contributed by atoms with E-state index in [4.69, 9.17) is 5.11 Å². The molecule has 1 amide bonds. The van der Waals surface area contributed by atoms with Crippen molar-refractivity contribution in [3.8, 4) is 0 Å². The third-order valence-corrected chi connectivity index (χ3v) is 1.19. The molecule has 1 aliphatic heterocycles. The van der Waals surface area contributed by atoms with Crippen LogP contribution >= 0.6 is 0 Å². The summed E-state index contributed by atoms with van der Waals surface area (Å²) >= 11 is 0. The van der Waals surface area contributed by atoms with Crippen molar-refractivity contribution in [3.05, 3.63) is 6.42 Å². The standard InChI is InChI=1S/C5H8NO2/c7-4-5(8)6-2-1-3-6/h1,7H,2-4H2. The molecule has 0 aromatic heterocycles. The molecule has 1 radical (unpaired) electrons. The molecule has 0 atom stereocenters. The molecule has 1 fully saturated rings. The summed E-state index contributed by atoms with van der Waals surface area (Å²) in [4.78, 5) is 12.0. The molecule has 0 bridgehead atoms. The van der Waals surface area contributed by atoms with Crippen LogP contribution in [0, 0.1) is 6.42 Å². The first-order valence-corrected chi connectivity index (χ1v) is 2.55. The molecule has 0 aromatic rings. The Morgan fingerprint density at radius 3 is 2.50 bits per heavy atom. The lowest BCUT2D eigenvalue weighted by atomic mass is 10.2. The summed E-state index contributed by atoms with van der Waals surface area (Å²) in [6, 6.07) is 0.